The first-order valence-corrected chi connectivity index (χ1v) is 13.9. The van der Waals surface area contributed by atoms with Gasteiger partial charge in [-0.25, -0.2) is 0 Å². The molecule has 0 amide bonds. The van der Waals surface area contributed by atoms with Crippen LogP contribution in [0.3, 0.4) is 0 Å². The molecule has 0 aliphatic heterocycles. The molecule has 0 saturated heterocycles. The van der Waals surface area contributed by atoms with E-state index in [1.807, 2.05) is 22.7 Å². The highest BCUT2D eigenvalue weighted by atomic mass is 32.1. The quantitative estimate of drug-likeness (QED) is 0.244. The van der Waals surface area contributed by atoms with Crippen LogP contribution in [0.1, 0.15) is 18.2 Å². The molecule has 5 aromatic rings. The van der Waals surface area contributed by atoms with Crippen molar-refractivity contribution in [3.05, 3.63) is 132 Å². The Kier molecular flexibility index (Phi) is 6.18. The van der Waals surface area contributed by atoms with Crippen LogP contribution in [0.2, 0.25) is 0 Å². The van der Waals surface area contributed by atoms with Gasteiger partial charge >= 0.3 is 0 Å². The van der Waals surface area contributed by atoms with Crippen molar-refractivity contribution in [1.82, 2.24) is 0 Å². The molecule has 2 aromatic heterocycles. The minimum Gasteiger partial charge on any atom is -0.356 e. The molecule has 2 heterocycles. The summed E-state index contributed by atoms with van der Waals surface area (Å²) < 4.78 is 0. The summed E-state index contributed by atoms with van der Waals surface area (Å²) in [7, 11) is 0. The molecular formula is C33H27NS2. The molecule has 176 valence electrons. The molecule has 1 atom stereocenters. The van der Waals surface area contributed by atoms with E-state index >= 15 is 0 Å². The summed E-state index contributed by atoms with van der Waals surface area (Å²) in [6.07, 6.45) is 9.94. The molecule has 1 unspecified atom stereocenters. The minimum atomic E-state index is 0.109. The fourth-order valence-electron chi connectivity index (χ4n) is 4.56. The van der Waals surface area contributed by atoms with Crippen molar-refractivity contribution in [2.75, 3.05) is 5.32 Å². The fraction of sp³-hybridized carbons (Fsp3) is 0.0909. The lowest BCUT2D eigenvalue weighted by Crippen LogP contribution is -2.17. The van der Waals surface area contributed by atoms with Crippen molar-refractivity contribution in [1.29, 1.82) is 0 Å². The van der Waals surface area contributed by atoms with E-state index in [9.17, 15) is 0 Å². The van der Waals surface area contributed by atoms with Gasteiger partial charge in [-0.2, -0.15) is 0 Å². The molecule has 0 saturated carbocycles. The standard InChI is InChI=1S/C33H27NS2/c1-33(22-6-3-7-23-33)32-21-20-31(36-32)26-12-16-28(17-13-26)34-27-14-10-25(11-15-27)30-19-18-29(35-30)24-8-4-2-5-9-24/h2-22,34H,23H2,1H3. The summed E-state index contributed by atoms with van der Waals surface area (Å²) in [6.45, 7) is 2.32. The lowest BCUT2D eigenvalue weighted by atomic mass is 9.82. The van der Waals surface area contributed by atoms with Gasteiger partial charge < -0.3 is 5.32 Å². The maximum Gasteiger partial charge on any atom is 0.0384 e. The molecule has 1 aliphatic rings. The van der Waals surface area contributed by atoms with E-state index in [0.29, 0.717) is 0 Å². The predicted molar refractivity (Wildman–Crippen MR) is 158 cm³/mol. The van der Waals surface area contributed by atoms with Gasteiger partial charge in [0.25, 0.3) is 0 Å². The van der Waals surface area contributed by atoms with Gasteiger partial charge in [0.15, 0.2) is 0 Å². The van der Waals surface area contributed by atoms with Crippen LogP contribution in [0.5, 0.6) is 0 Å². The van der Waals surface area contributed by atoms with Gasteiger partial charge in [0.1, 0.15) is 0 Å². The van der Waals surface area contributed by atoms with Gasteiger partial charge in [-0.1, -0.05) is 85.8 Å². The van der Waals surface area contributed by atoms with Crippen LogP contribution in [0.15, 0.2) is 127 Å². The lowest BCUT2D eigenvalue weighted by Gasteiger charge is -2.24. The van der Waals surface area contributed by atoms with Crippen LogP contribution in [-0.4, -0.2) is 0 Å². The zero-order valence-electron chi connectivity index (χ0n) is 20.1. The van der Waals surface area contributed by atoms with E-state index in [4.69, 9.17) is 0 Å². The Morgan fingerprint density at radius 2 is 1.14 bits per heavy atom. The molecule has 6 rings (SSSR count). The first-order chi connectivity index (χ1) is 17.7. The molecule has 1 nitrogen and oxygen atoms in total. The van der Waals surface area contributed by atoms with E-state index in [-0.39, 0.29) is 5.41 Å². The van der Waals surface area contributed by atoms with Crippen molar-refractivity contribution in [2.24, 2.45) is 0 Å². The second kappa shape index (κ2) is 9.77. The number of allylic oxidation sites excluding steroid dienone is 4. The molecule has 0 radical (unpaired) electrons. The number of anilines is 2. The Morgan fingerprint density at radius 3 is 1.72 bits per heavy atom. The lowest BCUT2D eigenvalue weighted by molar-refractivity contribution is 0.613. The Morgan fingerprint density at radius 1 is 0.583 bits per heavy atom. The van der Waals surface area contributed by atoms with E-state index in [1.54, 1.807) is 0 Å². The summed E-state index contributed by atoms with van der Waals surface area (Å²) in [5.74, 6) is 0. The summed E-state index contributed by atoms with van der Waals surface area (Å²) in [6, 6.07) is 37.0. The second-order valence-corrected chi connectivity index (χ2v) is 11.5. The molecule has 0 fully saturated rings. The van der Waals surface area contributed by atoms with E-state index in [2.05, 4.69) is 140 Å². The van der Waals surface area contributed by atoms with Crippen LogP contribution in [0, 0.1) is 0 Å². The highest BCUT2D eigenvalue weighted by Gasteiger charge is 2.25. The summed E-state index contributed by atoms with van der Waals surface area (Å²) in [4.78, 5) is 5.32. The number of nitrogens with one attached hydrogen (secondary N) is 1. The molecule has 3 aromatic carbocycles. The Bertz CT molecular complexity index is 1520. The molecular weight excluding hydrogens is 475 g/mol. The van der Waals surface area contributed by atoms with E-state index in [0.717, 1.165) is 17.8 Å². The average Bonchev–Trinajstić information content (AvgIpc) is 3.62. The SMILES string of the molecule is CC1(c2ccc(-c3ccc(Nc4ccc(-c5ccc(-c6ccccc6)s5)cc4)cc3)s2)C=CC=CC1. The maximum absolute atomic E-state index is 3.55. The van der Waals surface area contributed by atoms with Crippen molar-refractivity contribution in [2.45, 2.75) is 18.8 Å². The fourth-order valence-corrected chi connectivity index (χ4v) is 6.73. The van der Waals surface area contributed by atoms with Crippen molar-refractivity contribution < 1.29 is 0 Å². The molecule has 3 heteroatoms. The van der Waals surface area contributed by atoms with Crippen LogP contribution in [-0.2, 0) is 5.41 Å². The van der Waals surface area contributed by atoms with E-state index in [1.165, 1.54) is 36.2 Å². The predicted octanol–water partition coefficient (Wildman–Crippen LogP) is 10.3. The highest BCUT2D eigenvalue weighted by Crippen LogP contribution is 2.40. The van der Waals surface area contributed by atoms with E-state index < -0.39 is 0 Å². The summed E-state index contributed by atoms with van der Waals surface area (Å²) >= 11 is 3.73. The van der Waals surface area contributed by atoms with Crippen LogP contribution in [0.4, 0.5) is 11.4 Å². The summed E-state index contributed by atoms with van der Waals surface area (Å²) in [5.41, 5.74) is 6.07. The van der Waals surface area contributed by atoms with Gasteiger partial charge in [0, 0.05) is 36.3 Å². The average molecular weight is 502 g/mol. The number of rotatable bonds is 6. The maximum atomic E-state index is 3.55. The van der Waals surface area contributed by atoms with Gasteiger partial charge in [-0.3, -0.25) is 0 Å². The van der Waals surface area contributed by atoms with Crippen molar-refractivity contribution in [3.63, 3.8) is 0 Å². The molecule has 1 aliphatic carbocycles. The highest BCUT2D eigenvalue weighted by molar-refractivity contribution is 7.18. The topological polar surface area (TPSA) is 12.0 Å². The van der Waals surface area contributed by atoms with Crippen LogP contribution < -0.4 is 5.32 Å². The molecule has 0 spiro atoms. The van der Waals surface area contributed by atoms with Crippen LogP contribution in [0.25, 0.3) is 31.3 Å². The first-order valence-electron chi connectivity index (χ1n) is 12.2. The smallest absolute Gasteiger partial charge is 0.0384 e. The van der Waals surface area contributed by atoms with Crippen molar-refractivity contribution in [3.8, 4) is 31.3 Å². The van der Waals surface area contributed by atoms with Gasteiger partial charge in [0.05, 0.1) is 0 Å². The monoisotopic (exact) mass is 501 g/mol. The van der Waals surface area contributed by atoms with Crippen LogP contribution >= 0.6 is 22.7 Å². The van der Waals surface area contributed by atoms with Gasteiger partial charge in [0.2, 0.25) is 0 Å². The molecule has 36 heavy (non-hydrogen) atoms. The first kappa shape index (κ1) is 22.8. The van der Waals surface area contributed by atoms with Gasteiger partial charge in [-0.15, -0.1) is 22.7 Å². The van der Waals surface area contributed by atoms with Crippen molar-refractivity contribution >= 4 is 34.0 Å². The molecule has 1 N–H and O–H groups in total. The largest absolute Gasteiger partial charge is 0.356 e. The summed E-state index contributed by atoms with van der Waals surface area (Å²) in [5, 5.41) is 3.55. The Balaban J connectivity index is 1.13. The zero-order valence-corrected chi connectivity index (χ0v) is 21.8. The molecule has 0 bridgehead atoms. The zero-order chi connectivity index (χ0) is 24.4. The third-order valence-electron chi connectivity index (χ3n) is 6.71. The normalized spacial score (nSPS) is 16.8. The Hall–Kier alpha value is -3.66. The Labute approximate surface area is 221 Å². The third-order valence-corrected chi connectivity index (χ3v) is 9.31. The number of hydrogen-bond acceptors (Lipinski definition) is 3. The van der Waals surface area contributed by atoms with Gasteiger partial charge in [-0.05, 0) is 71.6 Å². The number of hydrogen-bond donors (Lipinski definition) is 1. The second-order valence-electron chi connectivity index (χ2n) is 9.38. The number of thiophene rings is 2. The minimum absolute atomic E-state index is 0.109. The number of benzene rings is 3. The third kappa shape index (κ3) is 4.73.